The van der Waals surface area contributed by atoms with Gasteiger partial charge in [0.25, 0.3) is 11.6 Å². The summed E-state index contributed by atoms with van der Waals surface area (Å²) in [5, 5.41) is 10.5. The second-order valence-corrected chi connectivity index (χ2v) is 4.38. The van der Waals surface area contributed by atoms with E-state index >= 15 is 0 Å². The second kappa shape index (κ2) is 7.55. The summed E-state index contributed by atoms with van der Waals surface area (Å²) < 4.78 is 5.09. The molecule has 0 bridgehead atoms. The standard InChI is InChI=1S/C15H14N4O4/c1-23-13-4-2-3-11(9-13)5-8-15(20)18-17-14-7-6-12(10-16-14)19(21)22/h2-10H,1H3,(H,16,17)(H,18,20)/b8-5+. The number of nitro groups is 1. The Kier molecular flexibility index (Phi) is 5.24. The number of nitrogens with zero attached hydrogens (tertiary/aromatic N) is 2. The largest absolute Gasteiger partial charge is 0.497 e. The van der Waals surface area contributed by atoms with Crippen molar-refractivity contribution >= 4 is 23.5 Å². The highest BCUT2D eigenvalue weighted by Crippen LogP contribution is 2.13. The summed E-state index contributed by atoms with van der Waals surface area (Å²) in [4.78, 5) is 25.4. The smallest absolute Gasteiger partial charge is 0.287 e. The minimum absolute atomic E-state index is 0.125. The van der Waals surface area contributed by atoms with Crippen molar-refractivity contribution in [2.24, 2.45) is 0 Å². The number of rotatable bonds is 6. The Labute approximate surface area is 131 Å². The van der Waals surface area contributed by atoms with Crippen molar-refractivity contribution in [2.45, 2.75) is 0 Å². The minimum Gasteiger partial charge on any atom is -0.497 e. The van der Waals surface area contributed by atoms with E-state index in [1.165, 1.54) is 18.2 Å². The van der Waals surface area contributed by atoms with Gasteiger partial charge < -0.3 is 4.74 Å². The summed E-state index contributed by atoms with van der Waals surface area (Å²) in [6, 6.07) is 9.92. The van der Waals surface area contributed by atoms with Gasteiger partial charge in [0.05, 0.1) is 12.0 Å². The molecule has 0 atom stereocenters. The van der Waals surface area contributed by atoms with E-state index in [0.29, 0.717) is 11.6 Å². The molecule has 118 valence electrons. The van der Waals surface area contributed by atoms with Gasteiger partial charge in [-0.3, -0.25) is 25.8 Å². The Morgan fingerprint density at radius 3 is 2.83 bits per heavy atom. The average Bonchev–Trinajstić information content (AvgIpc) is 2.58. The van der Waals surface area contributed by atoms with E-state index in [1.54, 1.807) is 25.3 Å². The maximum Gasteiger partial charge on any atom is 0.287 e. The molecule has 0 radical (unpaired) electrons. The Hall–Kier alpha value is -3.42. The van der Waals surface area contributed by atoms with Crippen LogP contribution in [0.25, 0.3) is 6.08 Å². The summed E-state index contributed by atoms with van der Waals surface area (Å²) in [7, 11) is 1.57. The van der Waals surface area contributed by atoms with Crippen LogP contribution in [0.2, 0.25) is 0 Å². The fourth-order valence-electron chi connectivity index (χ4n) is 1.65. The van der Waals surface area contributed by atoms with Crippen LogP contribution in [0, 0.1) is 10.1 Å². The van der Waals surface area contributed by atoms with Crippen LogP contribution in [-0.2, 0) is 4.79 Å². The van der Waals surface area contributed by atoms with Gasteiger partial charge in [0.15, 0.2) is 0 Å². The molecule has 0 aliphatic heterocycles. The third kappa shape index (κ3) is 4.81. The first-order chi connectivity index (χ1) is 11.1. The Morgan fingerprint density at radius 1 is 1.35 bits per heavy atom. The average molecular weight is 314 g/mol. The number of hydrazine groups is 1. The van der Waals surface area contributed by atoms with Gasteiger partial charge in [0.2, 0.25) is 0 Å². The number of pyridine rings is 1. The predicted molar refractivity (Wildman–Crippen MR) is 84.7 cm³/mol. The maximum absolute atomic E-state index is 11.7. The summed E-state index contributed by atoms with van der Waals surface area (Å²) in [6.45, 7) is 0. The molecule has 23 heavy (non-hydrogen) atoms. The van der Waals surface area contributed by atoms with Crippen LogP contribution in [0.3, 0.4) is 0 Å². The molecule has 0 spiro atoms. The van der Waals surface area contributed by atoms with Crippen LogP contribution >= 0.6 is 0 Å². The van der Waals surface area contributed by atoms with Crippen LogP contribution in [0.4, 0.5) is 11.5 Å². The van der Waals surface area contributed by atoms with E-state index in [9.17, 15) is 14.9 Å². The SMILES string of the molecule is COc1cccc(/C=C/C(=O)NNc2ccc([N+](=O)[O-])cn2)c1. The zero-order valence-corrected chi connectivity index (χ0v) is 12.2. The normalized spacial score (nSPS) is 10.3. The number of carbonyl (C=O) groups excluding carboxylic acids is 1. The number of ether oxygens (including phenoxy) is 1. The monoisotopic (exact) mass is 314 g/mol. The number of benzene rings is 1. The fourth-order valence-corrected chi connectivity index (χ4v) is 1.65. The molecule has 2 aromatic rings. The Morgan fingerprint density at radius 2 is 2.17 bits per heavy atom. The molecule has 1 aromatic carbocycles. The van der Waals surface area contributed by atoms with E-state index < -0.39 is 10.8 Å². The molecule has 0 unspecified atom stereocenters. The number of carbonyl (C=O) groups is 1. The summed E-state index contributed by atoms with van der Waals surface area (Å²) in [6.07, 6.45) is 4.07. The molecule has 0 saturated heterocycles. The van der Waals surface area contributed by atoms with E-state index in [4.69, 9.17) is 4.74 Å². The Bertz CT molecular complexity index is 729. The van der Waals surface area contributed by atoms with Gasteiger partial charge in [0, 0.05) is 12.1 Å². The molecule has 1 amide bonds. The van der Waals surface area contributed by atoms with E-state index in [-0.39, 0.29) is 5.69 Å². The van der Waals surface area contributed by atoms with Gasteiger partial charge in [-0.25, -0.2) is 4.98 Å². The maximum atomic E-state index is 11.7. The van der Waals surface area contributed by atoms with Crippen molar-refractivity contribution in [1.82, 2.24) is 10.4 Å². The summed E-state index contributed by atoms with van der Waals surface area (Å²) in [5.41, 5.74) is 5.66. The molecule has 2 N–H and O–H groups in total. The lowest BCUT2D eigenvalue weighted by atomic mass is 10.2. The first-order valence-corrected chi connectivity index (χ1v) is 6.57. The van der Waals surface area contributed by atoms with Gasteiger partial charge in [-0.2, -0.15) is 0 Å². The van der Waals surface area contributed by atoms with E-state index in [1.807, 2.05) is 12.1 Å². The van der Waals surface area contributed by atoms with Crippen LogP contribution in [0.15, 0.2) is 48.7 Å². The van der Waals surface area contributed by atoms with Crippen molar-refractivity contribution in [2.75, 3.05) is 12.5 Å². The number of methoxy groups -OCH3 is 1. The molecule has 8 heteroatoms. The predicted octanol–water partition coefficient (Wildman–Crippen LogP) is 2.15. The van der Waals surface area contributed by atoms with E-state index in [0.717, 1.165) is 11.8 Å². The second-order valence-electron chi connectivity index (χ2n) is 4.38. The van der Waals surface area contributed by atoms with Crippen molar-refractivity contribution in [1.29, 1.82) is 0 Å². The molecule has 0 fully saturated rings. The fraction of sp³-hybridized carbons (Fsp3) is 0.0667. The van der Waals surface area contributed by atoms with Gasteiger partial charge >= 0.3 is 0 Å². The highest BCUT2D eigenvalue weighted by molar-refractivity contribution is 5.92. The number of anilines is 1. The zero-order valence-electron chi connectivity index (χ0n) is 12.2. The minimum atomic E-state index is -0.549. The molecule has 0 aliphatic carbocycles. The summed E-state index contributed by atoms with van der Waals surface area (Å²) >= 11 is 0. The quantitative estimate of drug-likeness (QED) is 0.481. The molecule has 1 aromatic heterocycles. The molecular weight excluding hydrogens is 300 g/mol. The highest BCUT2D eigenvalue weighted by atomic mass is 16.6. The van der Waals surface area contributed by atoms with E-state index in [2.05, 4.69) is 15.8 Å². The lowest BCUT2D eigenvalue weighted by Gasteiger charge is -2.05. The van der Waals surface area contributed by atoms with Crippen LogP contribution in [0.5, 0.6) is 5.75 Å². The third-order valence-corrected chi connectivity index (χ3v) is 2.79. The van der Waals surface area contributed by atoms with Crippen molar-refractivity contribution in [3.63, 3.8) is 0 Å². The number of hydrogen-bond acceptors (Lipinski definition) is 6. The molecular formula is C15H14N4O4. The van der Waals surface area contributed by atoms with Crippen molar-refractivity contribution in [3.05, 3.63) is 64.3 Å². The lowest BCUT2D eigenvalue weighted by Crippen LogP contribution is -2.27. The summed E-state index contributed by atoms with van der Waals surface area (Å²) in [5.74, 6) is 0.590. The highest BCUT2D eigenvalue weighted by Gasteiger charge is 2.05. The lowest BCUT2D eigenvalue weighted by molar-refractivity contribution is -0.385. The van der Waals surface area contributed by atoms with Crippen molar-refractivity contribution < 1.29 is 14.5 Å². The number of aromatic nitrogens is 1. The molecule has 0 aliphatic rings. The van der Waals surface area contributed by atoms with Gasteiger partial charge in [-0.15, -0.1) is 0 Å². The first kappa shape index (κ1) is 16.0. The van der Waals surface area contributed by atoms with Crippen LogP contribution < -0.4 is 15.6 Å². The van der Waals surface area contributed by atoms with Gasteiger partial charge in [-0.05, 0) is 29.8 Å². The molecule has 0 saturated carbocycles. The van der Waals surface area contributed by atoms with Crippen LogP contribution in [0.1, 0.15) is 5.56 Å². The Balaban J connectivity index is 1.89. The number of amides is 1. The molecule has 8 nitrogen and oxygen atoms in total. The molecule has 1 heterocycles. The third-order valence-electron chi connectivity index (χ3n) is 2.79. The topological polar surface area (TPSA) is 106 Å². The van der Waals surface area contributed by atoms with Crippen LogP contribution in [-0.4, -0.2) is 22.9 Å². The zero-order chi connectivity index (χ0) is 16.7. The first-order valence-electron chi connectivity index (χ1n) is 6.57. The number of hydrogen-bond donors (Lipinski definition) is 2. The van der Waals surface area contributed by atoms with Crippen molar-refractivity contribution in [3.8, 4) is 5.75 Å². The van der Waals surface area contributed by atoms with Gasteiger partial charge in [-0.1, -0.05) is 12.1 Å². The van der Waals surface area contributed by atoms with Gasteiger partial charge in [0.1, 0.15) is 17.8 Å². The molecule has 2 rings (SSSR count). The number of nitrogens with one attached hydrogen (secondary N) is 2.